The molecule has 3 N–H and O–H groups in total. The molecule has 3 aliphatic heterocycles. The number of nitrogens with one attached hydrogen (secondary N) is 1. The molecule has 4 amide bonds. The molecule has 1 atom stereocenters. The molecule has 5 aliphatic rings. The van der Waals surface area contributed by atoms with Crippen molar-refractivity contribution in [1.29, 1.82) is 0 Å². The Morgan fingerprint density at radius 1 is 0.656 bits per heavy atom. The van der Waals surface area contributed by atoms with E-state index in [2.05, 4.69) is 175 Å². The number of nitrogens with two attached hydrogens (primary N) is 1. The number of hydrogen-bond donors (Lipinski definition) is 2. The van der Waals surface area contributed by atoms with Gasteiger partial charge in [-0.25, -0.2) is 14.4 Å². The second-order valence-electron chi connectivity index (χ2n) is 35.3. The van der Waals surface area contributed by atoms with Crippen molar-refractivity contribution in [3.8, 4) is 44.9 Å². The van der Waals surface area contributed by atoms with Gasteiger partial charge in [-0.1, -0.05) is 188 Å². The van der Waals surface area contributed by atoms with Crippen LogP contribution in [0.1, 0.15) is 229 Å². The minimum atomic E-state index is -0.562. The van der Waals surface area contributed by atoms with Crippen LogP contribution in [0.15, 0.2) is 193 Å². The summed E-state index contributed by atoms with van der Waals surface area (Å²) in [6, 6.07) is 59.9. The zero-order valence-electron chi connectivity index (χ0n) is 75.0. The van der Waals surface area contributed by atoms with E-state index in [9.17, 15) is 14.4 Å². The summed E-state index contributed by atoms with van der Waals surface area (Å²) in [5, 5.41) is 12.6. The molecule has 22 heteroatoms. The number of ether oxygens (including phenoxy) is 3. The third-order valence-corrected chi connectivity index (χ3v) is 28.5. The van der Waals surface area contributed by atoms with Gasteiger partial charge in [-0.15, -0.1) is 35.9 Å². The third-order valence-electron chi connectivity index (χ3n) is 24.1. The molecule has 122 heavy (non-hydrogen) atoms. The standard InChI is InChI=1S/C33H49P.C22H24N4O2.C19H21BrN2O2.C14H23BN2O4.C12H10N.ClH.Pd/c1-23(2)27-21-31(24(3)4)33(32(22-27)25(5)6)26-14-13-19-30(20-26)34(28-15-9-7-10-16-28)29-17-11-8-12-18-29;1-15-11-19(7-8-21(15)18-13-23-24-14-18)26-10-9-25(22(26)27)16(2)17-5-4-6-20(12-17)28-3;1-13-11-16(7-8-17(13)20)22-10-9-21(19(22)23)12-15-5-4-6-18(24-3)14(15)2;1-12(2,3)19-11(18)17-9-10(8-16-17)15-20-13(4,5)14(6,7)21-15;13-12-9-5-4-8-11(12)10-6-2-1-3-7-10;;/h13-14,19-25,28-29H,7-12,15-18H2,1-6H3;4-8,11-14,16H,9-10H2,1-3H3,(H,23,24);4-8,11H,9-10,12H2,1-3H3;8-9H,1-7H3;1-6,8-9H,13H2;1H;/q;;;;-1;;+2/p-1/t;16-;;;;;/m.1...../s1. The molecule has 15 rings (SSSR count). The van der Waals surface area contributed by atoms with Crippen LogP contribution in [0.3, 0.4) is 0 Å². The molecular formula is C100H127BBrClN9O8PPd. The SMILES string of the molecule is CC(C)(C)OC(=O)n1cc(B2OC(C)(C)C(C)(C)O2)cn1.CC(C)c1cc(C(C)C)c(-c2cccc(P(C3CCCCC3)C3CCCCC3)c2)c(C(C)C)c1.COc1cccc(CN2CCN(c3ccc(Br)c(C)c3)C2=O)c1C.COc1cccc([C@@H](C)N2CCN(c3ccc(-c4cn[nH]c4)c(C)c3)C2=O)c1.Nc1ccccc1-c1[c-]cccc1.[Cl][Pd+]. The Morgan fingerprint density at radius 2 is 1.26 bits per heavy atom. The van der Waals surface area contributed by atoms with E-state index in [0.717, 1.165) is 106 Å². The fourth-order valence-corrected chi connectivity index (χ4v) is 20.6. The number of carbonyl (C=O) groups is 3. The average molecular weight is 1850 g/mol. The second kappa shape index (κ2) is 43.9. The van der Waals surface area contributed by atoms with Gasteiger partial charge in [0.15, 0.2) is 0 Å². The van der Waals surface area contributed by atoms with E-state index in [1.165, 1.54) is 75.3 Å². The Bertz CT molecular complexity index is 5020. The predicted molar refractivity (Wildman–Crippen MR) is 504 cm³/mol. The normalized spacial score (nSPS) is 16.1. The van der Waals surface area contributed by atoms with Crippen molar-refractivity contribution in [2.45, 2.75) is 240 Å². The first-order valence-electron chi connectivity index (χ1n) is 43.2. The summed E-state index contributed by atoms with van der Waals surface area (Å²) in [4.78, 5) is 45.3. The summed E-state index contributed by atoms with van der Waals surface area (Å²) in [5.41, 5.74) is 27.1. The number of anilines is 3. The van der Waals surface area contributed by atoms with Crippen molar-refractivity contribution in [2.24, 2.45) is 0 Å². The molecule has 3 saturated heterocycles. The van der Waals surface area contributed by atoms with Gasteiger partial charge in [0.1, 0.15) is 17.1 Å². The first-order valence-corrected chi connectivity index (χ1v) is 47.4. The van der Waals surface area contributed by atoms with Gasteiger partial charge in [0.2, 0.25) is 0 Å². The van der Waals surface area contributed by atoms with E-state index in [1.807, 2.05) is 197 Å². The Kier molecular flexibility index (Phi) is 34.4. The van der Waals surface area contributed by atoms with Crippen LogP contribution in [-0.2, 0) is 38.8 Å². The van der Waals surface area contributed by atoms with Crippen LogP contribution in [-0.4, -0.2) is 124 Å². The summed E-state index contributed by atoms with van der Waals surface area (Å²) >= 11 is 5.73. The number of aromatic amines is 1. The number of nitrogens with zero attached hydrogens (tertiary/aromatic N) is 7. The number of nitrogen functional groups attached to an aromatic ring is 1. The summed E-state index contributed by atoms with van der Waals surface area (Å²) in [7, 11) is 7.21. The zero-order chi connectivity index (χ0) is 88.3. The number of halogens is 2. The molecule has 0 spiro atoms. The number of hydrogen-bond acceptors (Lipinski definition) is 11. The quantitative estimate of drug-likeness (QED) is 0.0361. The molecule has 0 bridgehead atoms. The molecule has 10 aromatic rings. The first kappa shape index (κ1) is 95.7. The molecular weight excluding hydrogens is 1720 g/mol. The number of amides is 4. The van der Waals surface area contributed by atoms with Crippen LogP contribution >= 0.6 is 33.4 Å². The molecule has 2 aliphatic carbocycles. The van der Waals surface area contributed by atoms with Gasteiger partial charge in [0, 0.05) is 78.2 Å². The Morgan fingerprint density at radius 3 is 1.84 bits per heavy atom. The summed E-state index contributed by atoms with van der Waals surface area (Å²) < 4.78 is 30.0. The Balaban J connectivity index is 0.000000163. The molecule has 652 valence electrons. The van der Waals surface area contributed by atoms with Crippen LogP contribution in [0.2, 0.25) is 0 Å². The number of rotatable bonds is 18. The minimum absolute atomic E-state index is 0.0149. The van der Waals surface area contributed by atoms with Crippen LogP contribution in [0.4, 0.5) is 31.4 Å². The van der Waals surface area contributed by atoms with Crippen molar-refractivity contribution in [3.05, 3.63) is 244 Å². The van der Waals surface area contributed by atoms with Gasteiger partial charge in [-0.3, -0.25) is 14.9 Å². The molecule has 5 heterocycles. The number of aryl methyl sites for hydroxylation is 2. The topological polar surface area (TPSA) is 183 Å². The number of H-pyrrole nitrogens is 1. The molecule has 8 aromatic carbocycles. The number of benzene rings is 8. The van der Waals surface area contributed by atoms with Gasteiger partial charge in [-0.2, -0.15) is 14.9 Å². The predicted octanol–water partition coefficient (Wildman–Crippen LogP) is 24.8. The Labute approximate surface area is 751 Å². The first-order chi connectivity index (χ1) is 58.2. The zero-order valence-corrected chi connectivity index (χ0v) is 79.8. The van der Waals surface area contributed by atoms with Crippen molar-refractivity contribution in [1.82, 2.24) is 29.8 Å². The summed E-state index contributed by atoms with van der Waals surface area (Å²) in [6.07, 6.45) is 21.0. The van der Waals surface area contributed by atoms with Crippen molar-refractivity contribution in [2.75, 3.05) is 55.9 Å². The van der Waals surface area contributed by atoms with E-state index in [0.29, 0.717) is 49.4 Å². The molecule has 2 saturated carbocycles. The number of methoxy groups -OCH3 is 2. The van der Waals surface area contributed by atoms with Gasteiger partial charge >= 0.3 is 53.0 Å². The van der Waals surface area contributed by atoms with Crippen LogP contribution in [0.5, 0.6) is 11.5 Å². The molecule has 0 unspecified atom stereocenters. The second-order valence-corrected chi connectivity index (χ2v) is 39.0. The third kappa shape index (κ3) is 24.3. The number of carbonyl (C=O) groups excluding carboxylic acids is 3. The van der Waals surface area contributed by atoms with Gasteiger partial charge in [0.05, 0.1) is 37.7 Å². The summed E-state index contributed by atoms with van der Waals surface area (Å²) in [6.45, 7) is 39.1. The van der Waals surface area contributed by atoms with Gasteiger partial charge < -0.3 is 39.1 Å². The van der Waals surface area contributed by atoms with E-state index >= 15 is 0 Å². The fraction of sp³-hybridized carbons (Fsp3) is 0.430. The van der Waals surface area contributed by atoms with Crippen LogP contribution < -0.4 is 35.8 Å². The monoisotopic (exact) mass is 1840 g/mol. The van der Waals surface area contributed by atoms with E-state index in [1.54, 1.807) is 54.8 Å². The van der Waals surface area contributed by atoms with Crippen molar-refractivity contribution in [3.63, 3.8) is 0 Å². The van der Waals surface area contributed by atoms with E-state index in [4.69, 9.17) is 29.3 Å². The number of urea groups is 2. The van der Waals surface area contributed by atoms with Crippen LogP contribution in [0, 0.1) is 26.8 Å². The summed E-state index contributed by atoms with van der Waals surface area (Å²) in [5.74, 6) is 3.31. The Hall–Kier alpha value is -8.56. The van der Waals surface area contributed by atoms with Crippen molar-refractivity contribution >= 4 is 86.5 Å². The fourth-order valence-electron chi connectivity index (χ4n) is 16.5. The van der Waals surface area contributed by atoms with E-state index in [-0.39, 0.29) is 26.0 Å². The van der Waals surface area contributed by atoms with Gasteiger partial charge in [0.25, 0.3) is 0 Å². The maximum atomic E-state index is 13.1. The van der Waals surface area contributed by atoms with Crippen LogP contribution in [0.25, 0.3) is 33.4 Å². The molecule has 2 aromatic heterocycles. The maximum absolute atomic E-state index is 13.1. The average Bonchev–Trinajstić information content (AvgIpc) is 1.26. The van der Waals surface area contributed by atoms with E-state index < -0.39 is 30.0 Å². The molecule has 0 radical (unpaired) electrons. The molecule has 17 nitrogen and oxygen atoms in total. The molecule has 5 fully saturated rings. The number of aromatic nitrogens is 4. The van der Waals surface area contributed by atoms with Gasteiger partial charge in [-0.05, 0) is 264 Å². The number of para-hydroxylation sites is 1. The van der Waals surface area contributed by atoms with Crippen molar-refractivity contribution < 1.29 is 56.1 Å².